The van der Waals surface area contributed by atoms with Gasteiger partial charge in [0.15, 0.2) is 0 Å². The number of carbonyl (C=O) groups is 2. The van der Waals surface area contributed by atoms with E-state index in [1.54, 1.807) is 6.07 Å². The second-order valence-electron chi connectivity index (χ2n) is 5.67. The van der Waals surface area contributed by atoms with Gasteiger partial charge in [0.1, 0.15) is 0 Å². The molecule has 5 heteroatoms. The zero-order chi connectivity index (χ0) is 15.4. The first-order valence-electron chi connectivity index (χ1n) is 7.32. The highest BCUT2D eigenvalue weighted by molar-refractivity contribution is 6.39. The summed E-state index contributed by atoms with van der Waals surface area (Å²) in [7, 11) is 0. The third kappa shape index (κ3) is 3.82. The molecule has 2 atom stereocenters. The molecule has 21 heavy (non-hydrogen) atoms. The Bertz CT molecular complexity index is 542. The van der Waals surface area contributed by atoms with Crippen molar-refractivity contribution in [1.29, 1.82) is 0 Å². The number of nitrogens with one attached hydrogen (secondary N) is 2. The Morgan fingerprint density at radius 2 is 2.00 bits per heavy atom. The summed E-state index contributed by atoms with van der Waals surface area (Å²) < 4.78 is 0. The van der Waals surface area contributed by atoms with Crippen molar-refractivity contribution in [3.05, 3.63) is 29.3 Å². The minimum Gasteiger partial charge on any atom is -0.393 e. The molecule has 2 unspecified atom stereocenters. The Morgan fingerprint density at radius 3 is 2.67 bits per heavy atom. The zero-order valence-electron chi connectivity index (χ0n) is 12.5. The molecule has 1 aromatic carbocycles. The van der Waals surface area contributed by atoms with Crippen molar-refractivity contribution in [2.75, 3.05) is 11.9 Å². The van der Waals surface area contributed by atoms with E-state index in [0.29, 0.717) is 12.2 Å². The fourth-order valence-corrected chi connectivity index (χ4v) is 2.63. The monoisotopic (exact) mass is 290 g/mol. The lowest BCUT2D eigenvalue weighted by Gasteiger charge is -2.15. The van der Waals surface area contributed by atoms with Gasteiger partial charge in [-0.25, -0.2) is 0 Å². The first kappa shape index (κ1) is 15.5. The van der Waals surface area contributed by atoms with Crippen LogP contribution >= 0.6 is 0 Å². The Morgan fingerprint density at radius 1 is 1.24 bits per heavy atom. The maximum atomic E-state index is 11.9. The van der Waals surface area contributed by atoms with Crippen LogP contribution in [0.4, 0.5) is 5.69 Å². The lowest BCUT2D eigenvalue weighted by Crippen LogP contribution is -2.39. The normalized spacial score (nSPS) is 21.1. The van der Waals surface area contributed by atoms with Gasteiger partial charge in [-0.3, -0.25) is 9.59 Å². The van der Waals surface area contributed by atoms with Crippen molar-refractivity contribution >= 4 is 17.5 Å². The molecule has 2 rings (SSSR count). The quantitative estimate of drug-likeness (QED) is 0.739. The second kappa shape index (κ2) is 6.72. The van der Waals surface area contributed by atoms with Gasteiger partial charge in [0, 0.05) is 18.2 Å². The fourth-order valence-electron chi connectivity index (χ4n) is 2.63. The molecule has 2 amide bonds. The maximum Gasteiger partial charge on any atom is 0.313 e. The summed E-state index contributed by atoms with van der Waals surface area (Å²) in [6.45, 7) is 4.20. The molecule has 3 N–H and O–H groups in total. The first-order chi connectivity index (χ1) is 9.99. The lowest BCUT2D eigenvalue weighted by molar-refractivity contribution is -0.136. The summed E-state index contributed by atoms with van der Waals surface area (Å²) in [5, 5.41) is 14.9. The van der Waals surface area contributed by atoms with Crippen LogP contribution in [-0.2, 0) is 9.59 Å². The highest BCUT2D eigenvalue weighted by atomic mass is 16.3. The molecule has 1 aliphatic rings. The van der Waals surface area contributed by atoms with E-state index in [2.05, 4.69) is 10.6 Å². The number of hydrogen-bond acceptors (Lipinski definition) is 3. The molecule has 0 radical (unpaired) electrons. The number of aliphatic hydroxyl groups is 1. The molecule has 1 aliphatic carbocycles. The van der Waals surface area contributed by atoms with Crippen molar-refractivity contribution in [2.45, 2.75) is 39.2 Å². The van der Waals surface area contributed by atoms with Crippen LogP contribution in [-0.4, -0.2) is 29.6 Å². The van der Waals surface area contributed by atoms with E-state index < -0.39 is 11.8 Å². The summed E-state index contributed by atoms with van der Waals surface area (Å²) in [4.78, 5) is 23.7. The minimum absolute atomic E-state index is 0.0578. The number of amides is 2. The molecule has 0 heterocycles. The smallest absolute Gasteiger partial charge is 0.313 e. The summed E-state index contributed by atoms with van der Waals surface area (Å²) in [5.41, 5.74) is 2.66. The van der Waals surface area contributed by atoms with Crippen molar-refractivity contribution in [3.8, 4) is 0 Å². The van der Waals surface area contributed by atoms with Crippen LogP contribution in [0.3, 0.4) is 0 Å². The van der Waals surface area contributed by atoms with Crippen LogP contribution in [0.1, 0.15) is 30.4 Å². The van der Waals surface area contributed by atoms with Crippen molar-refractivity contribution < 1.29 is 14.7 Å². The van der Waals surface area contributed by atoms with Gasteiger partial charge in [-0.1, -0.05) is 18.6 Å². The third-order valence-electron chi connectivity index (χ3n) is 4.20. The molecule has 0 spiro atoms. The van der Waals surface area contributed by atoms with Gasteiger partial charge in [0.2, 0.25) is 0 Å². The molecule has 0 aliphatic heterocycles. The standard InChI is InChI=1S/C16H22N2O3/c1-10-5-3-7-13(11(10)2)18-16(21)15(20)17-9-12-6-4-8-14(12)19/h3,5,7,12,14,19H,4,6,8-9H2,1-2H3,(H,17,20)(H,18,21). The van der Waals surface area contributed by atoms with Gasteiger partial charge < -0.3 is 15.7 Å². The summed E-state index contributed by atoms with van der Waals surface area (Å²) in [5.74, 6) is -1.27. The van der Waals surface area contributed by atoms with Gasteiger partial charge in [0.25, 0.3) is 0 Å². The molecule has 0 bridgehead atoms. The number of carbonyl (C=O) groups excluding carboxylic acids is 2. The summed E-state index contributed by atoms with van der Waals surface area (Å²) in [6, 6.07) is 5.56. The largest absolute Gasteiger partial charge is 0.393 e. The Labute approximate surface area is 124 Å². The van der Waals surface area contributed by atoms with Crippen LogP contribution in [0.5, 0.6) is 0 Å². The number of anilines is 1. The van der Waals surface area contributed by atoms with E-state index in [0.717, 1.165) is 30.4 Å². The molecule has 0 aromatic heterocycles. The molecule has 5 nitrogen and oxygen atoms in total. The number of benzene rings is 1. The number of hydrogen-bond donors (Lipinski definition) is 3. The second-order valence-corrected chi connectivity index (χ2v) is 5.67. The van der Waals surface area contributed by atoms with E-state index >= 15 is 0 Å². The van der Waals surface area contributed by atoms with Crippen LogP contribution in [0.2, 0.25) is 0 Å². The molecule has 1 saturated carbocycles. The van der Waals surface area contributed by atoms with E-state index in [1.165, 1.54) is 0 Å². The lowest BCUT2D eigenvalue weighted by atomic mass is 10.1. The van der Waals surface area contributed by atoms with Gasteiger partial charge in [0.05, 0.1) is 6.10 Å². The molecule has 1 fully saturated rings. The molecular formula is C16H22N2O3. The summed E-state index contributed by atoms with van der Waals surface area (Å²) >= 11 is 0. The number of aliphatic hydroxyl groups excluding tert-OH is 1. The zero-order valence-corrected chi connectivity index (χ0v) is 12.5. The third-order valence-corrected chi connectivity index (χ3v) is 4.20. The van der Waals surface area contributed by atoms with Gasteiger partial charge in [-0.15, -0.1) is 0 Å². The molecule has 1 aromatic rings. The average Bonchev–Trinajstić information content (AvgIpc) is 2.86. The van der Waals surface area contributed by atoms with Crippen LogP contribution < -0.4 is 10.6 Å². The maximum absolute atomic E-state index is 11.9. The van der Waals surface area contributed by atoms with Crippen LogP contribution in [0, 0.1) is 19.8 Å². The van der Waals surface area contributed by atoms with E-state index in [-0.39, 0.29) is 12.0 Å². The van der Waals surface area contributed by atoms with Gasteiger partial charge >= 0.3 is 11.8 Å². The minimum atomic E-state index is -0.670. The predicted molar refractivity (Wildman–Crippen MR) is 80.9 cm³/mol. The Hall–Kier alpha value is -1.88. The molecular weight excluding hydrogens is 268 g/mol. The van der Waals surface area contributed by atoms with Crippen LogP contribution in [0.15, 0.2) is 18.2 Å². The first-order valence-corrected chi connectivity index (χ1v) is 7.32. The van der Waals surface area contributed by atoms with E-state index in [9.17, 15) is 14.7 Å². The van der Waals surface area contributed by atoms with Crippen molar-refractivity contribution in [3.63, 3.8) is 0 Å². The van der Waals surface area contributed by atoms with Crippen molar-refractivity contribution in [1.82, 2.24) is 5.32 Å². The van der Waals surface area contributed by atoms with Crippen LogP contribution in [0.25, 0.3) is 0 Å². The van der Waals surface area contributed by atoms with Gasteiger partial charge in [-0.2, -0.15) is 0 Å². The van der Waals surface area contributed by atoms with Gasteiger partial charge in [-0.05, 0) is 43.9 Å². The number of rotatable bonds is 3. The Kier molecular flexibility index (Phi) is 4.96. The predicted octanol–water partition coefficient (Wildman–Crippen LogP) is 1.52. The van der Waals surface area contributed by atoms with Crippen molar-refractivity contribution in [2.24, 2.45) is 5.92 Å². The Balaban J connectivity index is 1.88. The highest BCUT2D eigenvalue weighted by Crippen LogP contribution is 2.24. The SMILES string of the molecule is Cc1cccc(NC(=O)C(=O)NCC2CCCC2O)c1C. The molecule has 114 valence electrons. The summed E-state index contributed by atoms with van der Waals surface area (Å²) in [6.07, 6.45) is 2.26. The van der Waals surface area contributed by atoms with E-state index in [4.69, 9.17) is 0 Å². The average molecular weight is 290 g/mol. The molecule has 0 saturated heterocycles. The number of aryl methyl sites for hydroxylation is 1. The topological polar surface area (TPSA) is 78.4 Å². The highest BCUT2D eigenvalue weighted by Gasteiger charge is 2.26. The fraction of sp³-hybridized carbons (Fsp3) is 0.500. The van der Waals surface area contributed by atoms with E-state index in [1.807, 2.05) is 26.0 Å².